The van der Waals surface area contributed by atoms with Crippen molar-refractivity contribution in [3.8, 4) is 0 Å². The molecule has 2 atom stereocenters. The van der Waals surface area contributed by atoms with Crippen LogP contribution in [-0.2, 0) is 4.79 Å². The van der Waals surface area contributed by atoms with Gasteiger partial charge in [-0.3, -0.25) is 4.79 Å². The lowest BCUT2D eigenvalue weighted by Crippen LogP contribution is -2.49. The summed E-state index contributed by atoms with van der Waals surface area (Å²) in [6.07, 6.45) is -0.180. The van der Waals surface area contributed by atoms with E-state index in [0.29, 0.717) is 18.9 Å². The Kier molecular flexibility index (Phi) is 4.14. The fourth-order valence-corrected chi connectivity index (χ4v) is 2.48. The van der Waals surface area contributed by atoms with E-state index in [1.807, 2.05) is 0 Å². The number of amides is 1. The molecule has 2 N–H and O–H groups in total. The molecule has 2 aliphatic carbocycles. The van der Waals surface area contributed by atoms with Crippen molar-refractivity contribution in [1.82, 2.24) is 10.6 Å². The molecule has 6 heteroatoms. The molecule has 0 aromatic carbocycles. The minimum Gasteiger partial charge on any atom is -0.352 e. The second-order valence-corrected chi connectivity index (χ2v) is 5.26. The first kappa shape index (κ1) is 13.6. The molecule has 104 valence electrons. The molecule has 0 aromatic heterocycles. The SMILES string of the molecule is O=C(CNC1CC1)NC1CCCCC1C(F)(F)F. The van der Waals surface area contributed by atoms with Crippen molar-refractivity contribution in [1.29, 1.82) is 0 Å². The lowest BCUT2D eigenvalue weighted by atomic mass is 9.84. The van der Waals surface area contributed by atoms with Gasteiger partial charge >= 0.3 is 6.18 Å². The van der Waals surface area contributed by atoms with Gasteiger partial charge in [-0.15, -0.1) is 0 Å². The van der Waals surface area contributed by atoms with Crippen molar-refractivity contribution >= 4 is 5.91 Å². The van der Waals surface area contributed by atoms with Crippen LogP contribution < -0.4 is 10.6 Å². The molecule has 0 spiro atoms. The molecular weight excluding hydrogens is 245 g/mol. The van der Waals surface area contributed by atoms with Gasteiger partial charge in [0.1, 0.15) is 0 Å². The average Bonchev–Trinajstić information content (AvgIpc) is 3.09. The van der Waals surface area contributed by atoms with Gasteiger partial charge in [0, 0.05) is 12.1 Å². The maximum absolute atomic E-state index is 12.8. The minimum atomic E-state index is -4.21. The summed E-state index contributed by atoms with van der Waals surface area (Å²) in [5, 5.41) is 5.54. The van der Waals surface area contributed by atoms with Gasteiger partial charge in [-0.1, -0.05) is 12.8 Å². The summed E-state index contributed by atoms with van der Waals surface area (Å²) in [6.45, 7) is 0.131. The number of carbonyl (C=O) groups excluding carboxylic acids is 1. The molecular formula is C12H19F3N2O. The molecule has 3 nitrogen and oxygen atoms in total. The first-order valence-electron chi connectivity index (χ1n) is 6.56. The molecule has 2 rings (SSSR count). The summed E-state index contributed by atoms with van der Waals surface area (Å²) >= 11 is 0. The molecule has 18 heavy (non-hydrogen) atoms. The molecule has 0 heterocycles. The van der Waals surface area contributed by atoms with Gasteiger partial charge < -0.3 is 10.6 Å². The van der Waals surface area contributed by atoms with Crippen LogP contribution in [0.2, 0.25) is 0 Å². The van der Waals surface area contributed by atoms with E-state index in [-0.39, 0.29) is 18.9 Å². The van der Waals surface area contributed by atoms with Crippen LogP contribution in [0.25, 0.3) is 0 Å². The largest absolute Gasteiger partial charge is 0.393 e. The number of hydrogen-bond donors (Lipinski definition) is 2. The van der Waals surface area contributed by atoms with E-state index in [4.69, 9.17) is 0 Å². The van der Waals surface area contributed by atoms with E-state index < -0.39 is 18.1 Å². The average molecular weight is 264 g/mol. The van der Waals surface area contributed by atoms with Crippen molar-refractivity contribution in [2.45, 2.75) is 56.8 Å². The minimum absolute atomic E-state index is 0.129. The molecule has 0 bridgehead atoms. The maximum Gasteiger partial charge on any atom is 0.393 e. The van der Waals surface area contributed by atoms with Gasteiger partial charge in [-0.05, 0) is 25.7 Å². The Labute approximate surface area is 104 Å². The van der Waals surface area contributed by atoms with Gasteiger partial charge in [-0.25, -0.2) is 0 Å². The lowest BCUT2D eigenvalue weighted by molar-refractivity contribution is -0.189. The van der Waals surface area contributed by atoms with Crippen molar-refractivity contribution < 1.29 is 18.0 Å². The molecule has 0 radical (unpaired) electrons. The second kappa shape index (κ2) is 5.47. The van der Waals surface area contributed by atoms with E-state index in [2.05, 4.69) is 10.6 Å². The van der Waals surface area contributed by atoms with E-state index in [1.165, 1.54) is 0 Å². The summed E-state index contributed by atoms with van der Waals surface area (Å²) < 4.78 is 38.4. The Morgan fingerprint density at radius 3 is 2.39 bits per heavy atom. The number of nitrogens with one attached hydrogen (secondary N) is 2. The van der Waals surface area contributed by atoms with Crippen molar-refractivity contribution in [3.63, 3.8) is 0 Å². The van der Waals surface area contributed by atoms with Gasteiger partial charge in [-0.2, -0.15) is 13.2 Å². The quantitative estimate of drug-likeness (QED) is 0.815. The summed E-state index contributed by atoms with van der Waals surface area (Å²) in [5.74, 6) is -1.70. The summed E-state index contributed by atoms with van der Waals surface area (Å²) in [7, 11) is 0. The molecule has 2 unspecified atom stereocenters. The van der Waals surface area contributed by atoms with E-state index in [9.17, 15) is 18.0 Å². The Bertz CT molecular complexity index is 302. The zero-order chi connectivity index (χ0) is 13.2. The first-order valence-corrected chi connectivity index (χ1v) is 6.56. The lowest BCUT2D eigenvalue weighted by Gasteiger charge is -2.33. The third-order valence-electron chi connectivity index (χ3n) is 3.66. The topological polar surface area (TPSA) is 41.1 Å². The molecule has 2 aliphatic rings. The summed E-state index contributed by atoms with van der Waals surface area (Å²) in [6, 6.07) is -0.354. The van der Waals surface area contributed by atoms with Crippen LogP contribution >= 0.6 is 0 Å². The zero-order valence-electron chi connectivity index (χ0n) is 10.2. The number of rotatable bonds is 4. The highest BCUT2D eigenvalue weighted by Crippen LogP contribution is 2.37. The van der Waals surface area contributed by atoms with Crippen molar-refractivity contribution in [3.05, 3.63) is 0 Å². The van der Waals surface area contributed by atoms with Crippen molar-refractivity contribution in [2.75, 3.05) is 6.54 Å². The molecule has 0 aliphatic heterocycles. The number of alkyl halides is 3. The standard InChI is InChI=1S/C12H19F3N2O/c13-12(14,15)9-3-1-2-4-10(9)17-11(18)7-16-8-5-6-8/h8-10,16H,1-7H2,(H,17,18). The Morgan fingerprint density at radius 2 is 1.78 bits per heavy atom. The number of halogens is 3. The van der Waals surface area contributed by atoms with Crippen molar-refractivity contribution in [2.24, 2.45) is 5.92 Å². The van der Waals surface area contributed by atoms with Crippen LogP contribution in [0.3, 0.4) is 0 Å². The van der Waals surface area contributed by atoms with E-state index in [1.54, 1.807) is 0 Å². The molecule has 0 saturated heterocycles. The normalized spacial score (nSPS) is 29.1. The molecule has 2 fully saturated rings. The van der Waals surface area contributed by atoms with E-state index in [0.717, 1.165) is 19.3 Å². The smallest absolute Gasteiger partial charge is 0.352 e. The Balaban J connectivity index is 1.82. The highest BCUT2D eigenvalue weighted by atomic mass is 19.4. The Hall–Kier alpha value is -0.780. The van der Waals surface area contributed by atoms with Gasteiger partial charge in [0.25, 0.3) is 0 Å². The molecule has 1 amide bonds. The monoisotopic (exact) mass is 264 g/mol. The van der Waals surface area contributed by atoms with Crippen LogP contribution in [0.1, 0.15) is 38.5 Å². The van der Waals surface area contributed by atoms with Gasteiger partial charge in [0.2, 0.25) is 5.91 Å². The maximum atomic E-state index is 12.8. The summed E-state index contributed by atoms with van der Waals surface area (Å²) in [5.41, 5.74) is 0. The number of hydrogen-bond acceptors (Lipinski definition) is 2. The second-order valence-electron chi connectivity index (χ2n) is 5.26. The van der Waals surface area contributed by atoms with Gasteiger partial charge in [0.05, 0.1) is 12.5 Å². The molecule has 2 saturated carbocycles. The summed E-state index contributed by atoms with van der Waals surface area (Å²) in [4.78, 5) is 11.6. The third-order valence-corrected chi connectivity index (χ3v) is 3.66. The number of carbonyl (C=O) groups is 1. The fourth-order valence-electron chi connectivity index (χ4n) is 2.48. The van der Waals surface area contributed by atoms with E-state index >= 15 is 0 Å². The zero-order valence-corrected chi connectivity index (χ0v) is 10.2. The fraction of sp³-hybridized carbons (Fsp3) is 0.917. The Morgan fingerprint density at radius 1 is 1.11 bits per heavy atom. The van der Waals surface area contributed by atoms with Crippen LogP contribution in [0.5, 0.6) is 0 Å². The third kappa shape index (κ3) is 3.86. The predicted octanol–water partition coefficient (Wildman–Crippen LogP) is 1.98. The predicted molar refractivity (Wildman–Crippen MR) is 61.0 cm³/mol. The highest BCUT2D eigenvalue weighted by Gasteiger charge is 2.45. The van der Waals surface area contributed by atoms with Crippen LogP contribution in [0.15, 0.2) is 0 Å². The van der Waals surface area contributed by atoms with Crippen LogP contribution in [0.4, 0.5) is 13.2 Å². The van der Waals surface area contributed by atoms with Crippen LogP contribution in [0, 0.1) is 5.92 Å². The molecule has 0 aromatic rings. The van der Waals surface area contributed by atoms with Crippen LogP contribution in [-0.4, -0.2) is 30.7 Å². The highest BCUT2D eigenvalue weighted by molar-refractivity contribution is 5.78. The first-order chi connectivity index (χ1) is 8.47. The van der Waals surface area contributed by atoms with Gasteiger partial charge in [0.15, 0.2) is 0 Å².